The third-order valence-electron chi connectivity index (χ3n) is 3.10. The van der Waals surface area contributed by atoms with Crippen molar-refractivity contribution < 1.29 is 4.79 Å². The number of carbonyl (C=O) groups excluding carboxylic acids is 1. The van der Waals surface area contributed by atoms with Crippen molar-refractivity contribution in [2.24, 2.45) is 0 Å². The van der Waals surface area contributed by atoms with Gasteiger partial charge < -0.3 is 10.6 Å². The zero-order valence-corrected chi connectivity index (χ0v) is 9.86. The molecule has 0 atom stereocenters. The molecule has 0 fully saturated rings. The number of rotatable bonds is 3. The van der Waals surface area contributed by atoms with Crippen LogP contribution in [0.2, 0.25) is 0 Å². The number of H-pyrrole nitrogens is 1. The lowest BCUT2D eigenvalue weighted by Gasteiger charge is -2.05. The number of nitrogens with zero attached hydrogens (tertiary/aromatic N) is 1. The Bertz CT molecular complexity index is 562. The highest BCUT2D eigenvalue weighted by Gasteiger charge is 2.13. The van der Waals surface area contributed by atoms with Gasteiger partial charge in [-0.2, -0.15) is 5.10 Å². The van der Waals surface area contributed by atoms with Crippen molar-refractivity contribution in [3.05, 3.63) is 52.8 Å². The topological polar surface area (TPSA) is 69.8 Å². The van der Waals surface area contributed by atoms with Gasteiger partial charge in [-0.15, -0.1) is 0 Å². The van der Waals surface area contributed by atoms with Crippen molar-refractivity contribution in [1.29, 1.82) is 0 Å². The fourth-order valence-corrected chi connectivity index (χ4v) is 2.10. The van der Waals surface area contributed by atoms with Crippen molar-refractivity contribution >= 4 is 5.91 Å². The van der Waals surface area contributed by atoms with Gasteiger partial charge >= 0.3 is 0 Å². The molecular formula is C13H14N4O. The van der Waals surface area contributed by atoms with Crippen molar-refractivity contribution in [2.75, 3.05) is 0 Å². The predicted octanol–water partition coefficient (Wildman–Crippen LogP) is 0.943. The van der Waals surface area contributed by atoms with Gasteiger partial charge in [0.05, 0.1) is 12.2 Å². The summed E-state index contributed by atoms with van der Waals surface area (Å²) >= 11 is 0. The lowest BCUT2D eigenvalue weighted by molar-refractivity contribution is 0.0950. The number of benzene rings is 1. The fraction of sp³-hybridized carbons (Fsp3) is 0.231. The van der Waals surface area contributed by atoms with Crippen LogP contribution in [0.4, 0.5) is 0 Å². The number of carbonyl (C=O) groups is 1. The summed E-state index contributed by atoms with van der Waals surface area (Å²) in [4.78, 5) is 12.0. The summed E-state index contributed by atoms with van der Waals surface area (Å²) in [5, 5.41) is 12.8. The van der Waals surface area contributed by atoms with Crippen molar-refractivity contribution in [3.8, 4) is 0 Å². The average molecular weight is 242 g/mol. The standard InChI is InChI=1S/C13H14N4O/c18-13(15-8-12-3-4-16-17-12)9-1-2-10-6-14-7-11(10)5-9/h1-5,14H,6-8H2,(H,15,18)(H,16,17). The van der Waals surface area contributed by atoms with Crippen LogP contribution in [-0.4, -0.2) is 16.1 Å². The zero-order valence-electron chi connectivity index (χ0n) is 9.86. The van der Waals surface area contributed by atoms with E-state index in [2.05, 4.69) is 20.8 Å². The molecule has 1 aromatic heterocycles. The molecule has 5 heteroatoms. The molecule has 1 aliphatic heterocycles. The highest BCUT2D eigenvalue weighted by Crippen LogP contribution is 2.16. The fourth-order valence-electron chi connectivity index (χ4n) is 2.10. The Morgan fingerprint density at radius 3 is 3.00 bits per heavy atom. The molecule has 0 bridgehead atoms. The van der Waals surface area contributed by atoms with Gasteiger partial charge in [0.25, 0.3) is 5.91 Å². The van der Waals surface area contributed by atoms with Gasteiger partial charge in [-0.25, -0.2) is 0 Å². The molecule has 0 saturated carbocycles. The Kier molecular flexibility index (Phi) is 2.82. The van der Waals surface area contributed by atoms with E-state index in [9.17, 15) is 4.79 Å². The van der Waals surface area contributed by atoms with Gasteiger partial charge in [0, 0.05) is 24.8 Å². The molecule has 0 saturated heterocycles. The Labute approximate surface area is 105 Å². The van der Waals surface area contributed by atoms with Crippen LogP contribution < -0.4 is 10.6 Å². The van der Waals surface area contributed by atoms with Gasteiger partial charge in [0.2, 0.25) is 0 Å². The SMILES string of the molecule is O=C(NCc1ccn[nH]1)c1ccc2c(c1)CNC2. The normalized spacial score (nSPS) is 13.3. The molecule has 0 unspecified atom stereocenters. The van der Waals surface area contributed by atoms with Crippen LogP contribution >= 0.6 is 0 Å². The minimum Gasteiger partial charge on any atom is -0.346 e. The molecular weight excluding hydrogens is 228 g/mol. The maximum Gasteiger partial charge on any atom is 0.251 e. The molecule has 3 N–H and O–H groups in total. The minimum absolute atomic E-state index is 0.0562. The smallest absolute Gasteiger partial charge is 0.251 e. The second kappa shape index (κ2) is 4.62. The Hall–Kier alpha value is -2.14. The summed E-state index contributed by atoms with van der Waals surface area (Å²) in [7, 11) is 0. The van der Waals surface area contributed by atoms with E-state index in [1.807, 2.05) is 24.3 Å². The summed E-state index contributed by atoms with van der Waals surface area (Å²) in [6.45, 7) is 2.20. The molecule has 1 aromatic carbocycles. The van der Waals surface area contributed by atoms with Gasteiger partial charge in [0.15, 0.2) is 0 Å². The average Bonchev–Trinajstić information content (AvgIpc) is 3.05. The van der Waals surface area contributed by atoms with E-state index in [0.717, 1.165) is 18.8 Å². The first-order valence-electron chi connectivity index (χ1n) is 5.92. The molecule has 0 spiro atoms. The van der Waals surface area contributed by atoms with E-state index in [0.29, 0.717) is 12.1 Å². The molecule has 18 heavy (non-hydrogen) atoms. The van der Waals surface area contributed by atoms with E-state index in [4.69, 9.17) is 0 Å². The summed E-state index contributed by atoms with van der Waals surface area (Å²) in [6.07, 6.45) is 1.67. The van der Waals surface area contributed by atoms with Gasteiger partial charge in [-0.3, -0.25) is 9.89 Å². The molecule has 0 aliphatic carbocycles. The van der Waals surface area contributed by atoms with E-state index in [1.165, 1.54) is 11.1 Å². The number of aromatic nitrogens is 2. The summed E-state index contributed by atoms with van der Waals surface area (Å²) < 4.78 is 0. The first kappa shape index (κ1) is 11.0. The monoisotopic (exact) mass is 242 g/mol. The molecule has 1 amide bonds. The molecule has 5 nitrogen and oxygen atoms in total. The quantitative estimate of drug-likeness (QED) is 0.750. The molecule has 92 valence electrons. The van der Waals surface area contributed by atoms with Crippen LogP contribution in [0.5, 0.6) is 0 Å². The van der Waals surface area contributed by atoms with Crippen molar-refractivity contribution in [2.45, 2.75) is 19.6 Å². The maximum absolute atomic E-state index is 12.0. The number of fused-ring (bicyclic) bond motifs is 1. The van der Waals surface area contributed by atoms with Crippen molar-refractivity contribution in [1.82, 2.24) is 20.8 Å². The second-order valence-corrected chi connectivity index (χ2v) is 4.35. The zero-order chi connectivity index (χ0) is 12.4. The van der Waals surface area contributed by atoms with Gasteiger partial charge in [-0.05, 0) is 29.3 Å². The lowest BCUT2D eigenvalue weighted by atomic mass is 10.1. The van der Waals surface area contributed by atoms with E-state index in [-0.39, 0.29) is 5.91 Å². The molecule has 2 heterocycles. The third-order valence-corrected chi connectivity index (χ3v) is 3.10. The maximum atomic E-state index is 12.0. The molecule has 3 rings (SSSR count). The lowest BCUT2D eigenvalue weighted by Crippen LogP contribution is -2.23. The van der Waals surface area contributed by atoms with E-state index >= 15 is 0 Å². The Morgan fingerprint density at radius 2 is 2.17 bits per heavy atom. The molecule has 0 radical (unpaired) electrons. The van der Waals surface area contributed by atoms with Crippen LogP contribution in [0.3, 0.4) is 0 Å². The summed E-state index contributed by atoms with van der Waals surface area (Å²) in [6, 6.07) is 7.68. The van der Waals surface area contributed by atoms with Crippen LogP contribution in [0.25, 0.3) is 0 Å². The first-order valence-corrected chi connectivity index (χ1v) is 5.92. The van der Waals surface area contributed by atoms with Gasteiger partial charge in [0.1, 0.15) is 0 Å². The Balaban J connectivity index is 1.69. The molecule has 2 aromatic rings. The Morgan fingerprint density at radius 1 is 1.28 bits per heavy atom. The summed E-state index contributed by atoms with van der Waals surface area (Å²) in [5.74, 6) is -0.0562. The largest absolute Gasteiger partial charge is 0.346 e. The predicted molar refractivity (Wildman–Crippen MR) is 66.7 cm³/mol. The van der Waals surface area contributed by atoms with E-state index in [1.54, 1.807) is 6.20 Å². The number of aromatic amines is 1. The van der Waals surface area contributed by atoms with Crippen LogP contribution in [0.1, 0.15) is 27.2 Å². The summed E-state index contributed by atoms with van der Waals surface area (Å²) in [5.41, 5.74) is 4.09. The third kappa shape index (κ3) is 2.12. The number of nitrogens with one attached hydrogen (secondary N) is 3. The number of hydrogen-bond donors (Lipinski definition) is 3. The van der Waals surface area contributed by atoms with Gasteiger partial charge in [-0.1, -0.05) is 6.07 Å². The van der Waals surface area contributed by atoms with Crippen LogP contribution in [0.15, 0.2) is 30.5 Å². The second-order valence-electron chi connectivity index (χ2n) is 4.35. The van der Waals surface area contributed by atoms with Crippen molar-refractivity contribution in [3.63, 3.8) is 0 Å². The number of amides is 1. The molecule has 1 aliphatic rings. The highest BCUT2D eigenvalue weighted by molar-refractivity contribution is 5.94. The highest BCUT2D eigenvalue weighted by atomic mass is 16.1. The number of hydrogen-bond acceptors (Lipinski definition) is 3. The van der Waals surface area contributed by atoms with Crippen LogP contribution in [-0.2, 0) is 19.6 Å². The minimum atomic E-state index is -0.0562. The first-order chi connectivity index (χ1) is 8.83. The van der Waals surface area contributed by atoms with E-state index < -0.39 is 0 Å². The van der Waals surface area contributed by atoms with Crippen LogP contribution in [0, 0.1) is 0 Å².